The highest BCUT2D eigenvalue weighted by atomic mass is 19.1. The third-order valence-corrected chi connectivity index (χ3v) is 3.79. The van der Waals surface area contributed by atoms with Crippen LogP contribution in [0.4, 0.5) is 4.39 Å². The molecule has 0 amide bonds. The molecular weight excluding hydrogens is 285 g/mol. The lowest BCUT2D eigenvalue weighted by Gasteiger charge is -2.23. The maximum Gasteiger partial charge on any atom is 0.191 e. The van der Waals surface area contributed by atoms with Gasteiger partial charge in [0.25, 0.3) is 0 Å². The Morgan fingerprint density at radius 1 is 1.36 bits per heavy atom. The average Bonchev–Trinajstić information content (AvgIpc) is 2.50. The first kappa shape index (κ1) is 16.5. The Bertz CT molecular complexity index is 546. The highest BCUT2D eigenvalue weighted by molar-refractivity contribution is 5.80. The van der Waals surface area contributed by atoms with Crippen LogP contribution in [-0.2, 0) is 17.9 Å². The molecule has 0 spiro atoms. The van der Waals surface area contributed by atoms with E-state index in [0.717, 1.165) is 11.1 Å². The molecule has 22 heavy (non-hydrogen) atoms. The maximum atomic E-state index is 13.7. The van der Waals surface area contributed by atoms with E-state index in [1.54, 1.807) is 7.05 Å². The van der Waals surface area contributed by atoms with E-state index in [0.29, 0.717) is 30.8 Å². The van der Waals surface area contributed by atoms with Gasteiger partial charge in [0.15, 0.2) is 12.8 Å². The van der Waals surface area contributed by atoms with Crippen molar-refractivity contribution in [2.24, 2.45) is 10.9 Å². The standard InChI is InChI=1S/C16H24FN3O2/c1-10(2)11(3)20-16(18-4)19-7-12-5-14(17)6-13-8-21-9-22-15(12)13/h5-6,10-11H,7-9H2,1-4H3,(H2,18,19,20). The molecule has 0 radical (unpaired) electrons. The fourth-order valence-corrected chi connectivity index (χ4v) is 2.14. The van der Waals surface area contributed by atoms with Crippen molar-refractivity contribution in [1.82, 2.24) is 10.6 Å². The van der Waals surface area contributed by atoms with Crippen LogP contribution in [0.3, 0.4) is 0 Å². The molecule has 2 N–H and O–H groups in total. The molecule has 0 bridgehead atoms. The van der Waals surface area contributed by atoms with Crippen LogP contribution in [0, 0.1) is 11.7 Å². The SMILES string of the molecule is CN=C(NCc1cc(F)cc2c1OCOC2)NC(C)C(C)C. The van der Waals surface area contributed by atoms with Gasteiger partial charge >= 0.3 is 0 Å². The van der Waals surface area contributed by atoms with E-state index < -0.39 is 0 Å². The summed E-state index contributed by atoms with van der Waals surface area (Å²) in [5.74, 6) is 1.59. The Kier molecular flexibility index (Phi) is 5.60. The van der Waals surface area contributed by atoms with Crippen LogP contribution >= 0.6 is 0 Å². The molecule has 2 rings (SSSR count). The molecule has 5 nitrogen and oxygen atoms in total. The van der Waals surface area contributed by atoms with Crippen molar-refractivity contribution in [3.8, 4) is 5.75 Å². The summed E-state index contributed by atoms with van der Waals surface area (Å²) < 4.78 is 24.4. The zero-order valence-electron chi connectivity index (χ0n) is 13.6. The lowest BCUT2D eigenvalue weighted by molar-refractivity contribution is -0.0172. The lowest BCUT2D eigenvalue weighted by Crippen LogP contribution is -2.44. The van der Waals surface area contributed by atoms with Crippen LogP contribution in [0.1, 0.15) is 31.9 Å². The van der Waals surface area contributed by atoms with Gasteiger partial charge in [0.05, 0.1) is 6.61 Å². The Labute approximate surface area is 130 Å². The van der Waals surface area contributed by atoms with Gasteiger partial charge in [-0.3, -0.25) is 4.99 Å². The molecule has 1 aliphatic heterocycles. The summed E-state index contributed by atoms with van der Waals surface area (Å²) in [6.07, 6.45) is 0. The summed E-state index contributed by atoms with van der Waals surface area (Å²) in [6.45, 7) is 7.39. The maximum absolute atomic E-state index is 13.7. The topological polar surface area (TPSA) is 54.9 Å². The number of nitrogens with zero attached hydrogens (tertiary/aromatic N) is 1. The molecule has 1 aromatic carbocycles. The van der Waals surface area contributed by atoms with Crippen LogP contribution < -0.4 is 15.4 Å². The molecule has 0 aromatic heterocycles. The van der Waals surface area contributed by atoms with Gasteiger partial charge < -0.3 is 20.1 Å². The largest absolute Gasteiger partial charge is 0.467 e. The van der Waals surface area contributed by atoms with E-state index >= 15 is 0 Å². The van der Waals surface area contributed by atoms with Gasteiger partial charge in [0.1, 0.15) is 11.6 Å². The average molecular weight is 309 g/mol. The van der Waals surface area contributed by atoms with Gasteiger partial charge in [0.2, 0.25) is 0 Å². The predicted octanol–water partition coefficient (Wildman–Crippen LogP) is 2.40. The molecular formula is C16H24FN3O2. The Balaban J connectivity index is 2.06. The highest BCUT2D eigenvalue weighted by Crippen LogP contribution is 2.29. The number of hydrogen-bond acceptors (Lipinski definition) is 3. The molecule has 0 fully saturated rings. The summed E-state index contributed by atoms with van der Waals surface area (Å²) in [5, 5.41) is 6.51. The number of benzene rings is 1. The van der Waals surface area contributed by atoms with E-state index in [9.17, 15) is 4.39 Å². The fourth-order valence-electron chi connectivity index (χ4n) is 2.14. The normalized spacial score (nSPS) is 16.0. The van der Waals surface area contributed by atoms with Gasteiger partial charge in [-0.05, 0) is 25.0 Å². The van der Waals surface area contributed by atoms with Gasteiger partial charge in [-0.1, -0.05) is 13.8 Å². The monoisotopic (exact) mass is 309 g/mol. The first-order valence-electron chi connectivity index (χ1n) is 7.50. The summed E-state index contributed by atoms with van der Waals surface area (Å²) in [4.78, 5) is 4.20. The minimum absolute atomic E-state index is 0.197. The molecule has 122 valence electrons. The quantitative estimate of drug-likeness (QED) is 0.662. The first-order valence-corrected chi connectivity index (χ1v) is 7.50. The van der Waals surface area contributed by atoms with Crippen molar-refractivity contribution in [2.75, 3.05) is 13.8 Å². The summed E-state index contributed by atoms with van der Waals surface area (Å²) in [6, 6.07) is 3.22. The minimum Gasteiger partial charge on any atom is -0.467 e. The first-order chi connectivity index (χ1) is 10.5. The number of halogens is 1. The van der Waals surface area contributed by atoms with Crippen molar-refractivity contribution in [3.63, 3.8) is 0 Å². The van der Waals surface area contributed by atoms with Crippen LogP contribution in [0.25, 0.3) is 0 Å². The number of guanidine groups is 1. The lowest BCUT2D eigenvalue weighted by atomic mass is 10.1. The second kappa shape index (κ2) is 7.45. The minimum atomic E-state index is -0.289. The number of aliphatic imine (C=N–C) groups is 1. The van der Waals surface area contributed by atoms with Crippen LogP contribution in [0.2, 0.25) is 0 Å². The van der Waals surface area contributed by atoms with Gasteiger partial charge in [-0.2, -0.15) is 0 Å². The van der Waals surface area contributed by atoms with E-state index in [-0.39, 0.29) is 18.7 Å². The number of fused-ring (bicyclic) bond motifs is 1. The Morgan fingerprint density at radius 2 is 2.14 bits per heavy atom. The van der Waals surface area contributed by atoms with Gasteiger partial charge in [0, 0.05) is 30.8 Å². The number of ether oxygens (including phenoxy) is 2. The molecule has 1 unspecified atom stereocenters. The van der Waals surface area contributed by atoms with Crippen LogP contribution in [0.5, 0.6) is 5.75 Å². The third-order valence-electron chi connectivity index (χ3n) is 3.79. The zero-order valence-corrected chi connectivity index (χ0v) is 13.6. The van der Waals surface area contributed by atoms with Crippen molar-refractivity contribution in [1.29, 1.82) is 0 Å². The van der Waals surface area contributed by atoms with Crippen molar-refractivity contribution in [2.45, 2.75) is 40.0 Å². The second-order valence-electron chi connectivity index (χ2n) is 5.77. The van der Waals surface area contributed by atoms with E-state index in [1.807, 2.05) is 0 Å². The molecule has 1 heterocycles. The highest BCUT2D eigenvalue weighted by Gasteiger charge is 2.17. The summed E-state index contributed by atoms with van der Waals surface area (Å²) in [7, 11) is 1.72. The molecule has 6 heteroatoms. The van der Waals surface area contributed by atoms with Crippen molar-refractivity contribution in [3.05, 3.63) is 29.1 Å². The van der Waals surface area contributed by atoms with Gasteiger partial charge in [-0.25, -0.2) is 4.39 Å². The molecule has 0 saturated heterocycles. The number of hydrogen-bond donors (Lipinski definition) is 2. The smallest absolute Gasteiger partial charge is 0.191 e. The number of nitrogens with one attached hydrogen (secondary N) is 2. The zero-order chi connectivity index (χ0) is 16.1. The predicted molar refractivity (Wildman–Crippen MR) is 84.3 cm³/mol. The van der Waals surface area contributed by atoms with E-state index in [1.165, 1.54) is 12.1 Å². The third kappa shape index (κ3) is 4.10. The molecule has 1 atom stereocenters. The summed E-state index contributed by atoms with van der Waals surface area (Å²) >= 11 is 0. The Morgan fingerprint density at radius 3 is 2.82 bits per heavy atom. The van der Waals surface area contributed by atoms with Crippen molar-refractivity contribution >= 4 is 5.96 Å². The molecule has 0 saturated carbocycles. The molecule has 1 aliphatic rings. The molecule has 0 aliphatic carbocycles. The van der Waals surface area contributed by atoms with E-state index in [2.05, 4.69) is 36.4 Å². The Hall–Kier alpha value is -1.82. The van der Waals surface area contributed by atoms with Crippen LogP contribution in [-0.4, -0.2) is 25.8 Å². The summed E-state index contributed by atoms with van der Waals surface area (Å²) in [5.41, 5.74) is 1.50. The van der Waals surface area contributed by atoms with Crippen LogP contribution in [0.15, 0.2) is 17.1 Å². The fraction of sp³-hybridized carbons (Fsp3) is 0.562. The van der Waals surface area contributed by atoms with E-state index in [4.69, 9.17) is 9.47 Å². The van der Waals surface area contributed by atoms with Crippen molar-refractivity contribution < 1.29 is 13.9 Å². The molecule has 1 aromatic rings. The van der Waals surface area contributed by atoms with Gasteiger partial charge in [-0.15, -0.1) is 0 Å². The number of rotatable bonds is 4. The second-order valence-corrected chi connectivity index (χ2v) is 5.77.